The van der Waals surface area contributed by atoms with Crippen molar-refractivity contribution in [2.45, 2.75) is 59.4 Å². The summed E-state index contributed by atoms with van der Waals surface area (Å²) in [5.41, 5.74) is 5.64. The molecule has 0 saturated carbocycles. The molecule has 0 fully saturated rings. The lowest BCUT2D eigenvalue weighted by Crippen LogP contribution is -2.41. The molecule has 0 spiro atoms. The largest absolute Gasteiger partial charge is 0.352 e. The summed E-state index contributed by atoms with van der Waals surface area (Å²) in [7, 11) is 0. The zero-order valence-corrected chi connectivity index (χ0v) is 11.3. The monoisotopic (exact) mass is 228 g/mol. The van der Waals surface area contributed by atoms with Crippen molar-refractivity contribution in [3.63, 3.8) is 0 Å². The van der Waals surface area contributed by atoms with Crippen LogP contribution in [-0.2, 0) is 4.79 Å². The highest BCUT2D eigenvalue weighted by Gasteiger charge is 2.14. The molecule has 0 aromatic rings. The minimum atomic E-state index is 0.140. The second-order valence-corrected chi connectivity index (χ2v) is 5.23. The van der Waals surface area contributed by atoms with E-state index in [1.807, 2.05) is 0 Å². The van der Waals surface area contributed by atoms with Gasteiger partial charge in [-0.25, -0.2) is 0 Å². The molecule has 0 aromatic heterocycles. The number of carbonyl (C=O) groups excluding carboxylic acids is 1. The highest BCUT2D eigenvalue weighted by atomic mass is 16.1. The molecule has 0 bridgehead atoms. The Hall–Kier alpha value is -0.570. The van der Waals surface area contributed by atoms with Crippen molar-refractivity contribution in [3.8, 4) is 0 Å². The van der Waals surface area contributed by atoms with Crippen LogP contribution in [0.5, 0.6) is 0 Å². The van der Waals surface area contributed by atoms with Gasteiger partial charge in [0.25, 0.3) is 0 Å². The molecular formula is C13H28N2O. The summed E-state index contributed by atoms with van der Waals surface area (Å²) in [6, 6.07) is 0.140. The first-order chi connectivity index (χ1) is 7.49. The number of amides is 1. The van der Waals surface area contributed by atoms with E-state index < -0.39 is 0 Å². The Morgan fingerprint density at radius 3 is 2.38 bits per heavy atom. The van der Waals surface area contributed by atoms with Gasteiger partial charge >= 0.3 is 0 Å². The van der Waals surface area contributed by atoms with E-state index in [0.717, 1.165) is 19.3 Å². The van der Waals surface area contributed by atoms with Crippen LogP contribution in [0, 0.1) is 11.8 Å². The average Bonchev–Trinajstić information content (AvgIpc) is 2.15. The molecule has 0 heterocycles. The topological polar surface area (TPSA) is 55.1 Å². The Morgan fingerprint density at radius 1 is 1.31 bits per heavy atom. The molecule has 0 saturated heterocycles. The van der Waals surface area contributed by atoms with Gasteiger partial charge in [-0.15, -0.1) is 0 Å². The van der Waals surface area contributed by atoms with Crippen LogP contribution < -0.4 is 11.1 Å². The number of hydrogen-bond donors (Lipinski definition) is 2. The Kier molecular flexibility index (Phi) is 8.26. The summed E-state index contributed by atoms with van der Waals surface area (Å²) in [6.45, 7) is 9.11. The lowest BCUT2D eigenvalue weighted by molar-refractivity contribution is -0.122. The van der Waals surface area contributed by atoms with Crippen molar-refractivity contribution in [2.75, 3.05) is 6.54 Å². The maximum absolute atomic E-state index is 11.7. The van der Waals surface area contributed by atoms with Gasteiger partial charge in [0.2, 0.25) is 5.91 Å². The summed E-state index contributed by atoms with van der Waals surface area (Å²) >= 11 is 0. The maximum Gasteiger partial charge on any atom is 0.220 e. The van der Waals surface area contributed by atoms with E-state index in [-0.39, 0.29) is 11.9 Å². The van der Waals surface area contributed by atoms with Crippen molar-refractivity contribution in [1.82, 2.24) is 5.32 Å². The van der Waals surface area contributed by atoms with Gasteiger partial charge in [0.1, 0.15) is 0 Å². The fourth-order valence-electron chi connectivity index (χ4n) is 1.98. The van der Waals surface area contributed by atoms with Gasteiger partial charge in [0, 0.05) is 19.0 Å². The van der Waals surface area contributed by atoms with Crippen LogP contribution in [0.25, 0.3) is 0 Å². The molecular weight excluding hydrogens is 200 g/mol. The lowest BCUT2D eigenvalue weighted by Gasteiger charge is -2.20. The molecule has 1 amide bonds. The number of nitrogens with one attached hydrogen (secondary N) is 1. The molecule has 16 heavy (non-hydrogen) atoms. The summed E-state index contributed by atoms with van der Waals surface area (Å²) in [6.07, 6.45) is 3.85. The van der Waals surface area contributed by atoms with Gasteiger partial charge in [-0.1, -0.05) is 40.5 Å². The predicted molar refractivity (Wildman–Crippen MR) is 69.1 cm³/mol. The van der Waals surface area contributed by atoms with Crippen molar-refractivity contribution in [2.24, 2.45) is 17.6 Å². The molecule has 0 aliphatic carbocycles. The highest BCUT2D eigenvalue weighted by molar-refractivity contribution is 5.76. The molecule has 0 aliphatic heterocycles. The average molecular weight is 228 g/mol. The van der Waals surface area contributed by atoms with Crippen LogP contribution in [0.15, 0.2) is 0 Å². The minimum Gasteiger partial charge on any atom is -0.352 e. The standard InChI is InChI=1S/C13H28N2O/c1-5-6-11(4)8-13(16)15-12(9-14)7-10(2)3/h10-12H,5-9,14H2,1-4H3,(H,15,16). The van der Waals surface area contributed by atoms with E-state index in [1.54, 1.807) is 0 Å². The van der Waals surface area contributed by atoms with Crippen LogP contribution in [-0.4, -0.2) is 18.5 Å². The summed E-state index contributed by atoms with van der Waals surface area (Å²) in [5.74, 6) is 1.20. The second kappa shape index (κ2) is 8.57. The molecule has 0 aromatic carbocycles. The van der Waals surface area contributed by atoms with Gasteiger partial charge in [-0.3, -0.25) is 4.79 Å². The number of carbonyl (C=O) groups is 1. The third-order valence-electron chi connectivity index (χ3n) is 2.72. The first-order valence-electron chi connectivity index (χ1n) is 6.49. The lowest BCUT2D eigenvalue weighted by atomic mass is 10.0. The van der Waals surface area contributed by atoms with Crippen LogP contribution in [0.1, 0.15) is 53.4 Å². The first kappa shape index (κ1) is 15.4. The van der Waals surface area contributed by atoms with Gasteiger partial charge in [0.15, 0.2) is 0 Å². The molecule has 0 rings (SSSR count). The molecule has 96 valence electrons. The minimum absolute atomic E-state index is 0.140. The van der Waals surface area contributed by atoms with Crippen molar-refractivity contribution in [1.29, 1.82) is 0 Å². The highest BCUT2D eigenvalue weighted by Crippen LogP contribution is 2.10. The molecule has 2 atom stereocenters. The van der Waals surface area contributed by atoms with E-state index in [9.17, 15) is 4.79 Å². The van der Waals surface area contributed by atoms with Crippen LogP contribution in [0.2, 0.25) is 0 Å². The van der Waals surface area contributed by atoms with E-state index >= 15 is 0 Å². The normalized spacial score (nSPS) is 14.9. The van der Waals surface area contributed by atoms with Gasteiger partial charge < -0.3 is 11.1 Å². The van der Waals surface area contributed by atoms with E-state index in [2.05, 4.69) is 33.0 Å². The first-order valence-corrected chi connectivity index (χ1v) is 6.49. The number of rotatable bonds is 8. The van der Waals surface area contributed by atoms with Gasteiger partial charge in [0.05, 0.1) is 0 Å². The number of nitrogens with two attached hydrogens (primary N) is 1. The molecule has 0 radical (unpaired) electrons. The van der Waals surface area contributed by atoms with Gasteiger partial charge in [-0.2, -0.15) is 0 Å². The van der Waals surface area contributed by atoms with E-state index in [0.29, 0.717) is 24.8 Å². The van der Waals surface area contributed by atoms with Crippen molar-refractivity contribution < 1.29 is 4.79 Å². The van der Waals surface area contributed by atoms with Crippen LogP contribution in [0.3, 0.4) is 0 Å². The summed E-state index contributed by atoms with van der Waals surface area (Å²) in [5, 5.41) is 3.02. The third kappa shape index (κ3) is 7.69. The quantitative estimate of drug-likeness (QED) is 0.670. The zero-order valence-electron chi connectivity index (χ0n) is 11.3. The van der Waals surface area contributed by atoms with Crippen molar-refractivity contribution >= 4 is 5.91 Å². The second-order valence-electron chi connectivity index (χ2n) is 5.23. The molecule has 2 unspecified atom stereocenters. The smallest absolute Gasteiger partial charge is 0.220 e. The Balaban J connectivity index is 3.91. The molecule has 3 N–H and O–H groups in total. The molecule has 3 heteroatoms. The molecule has 0 aliphatic rings. The van der Waals surface area contributed by atoms with E-state index in [4.69, 9.17) is 5.73 Å². The maximum atomic E-state index is 11.7. The Morgan fingerprint density at radius 2 is 1.94 bits per heavy atom. The summed E-state index contributed by atoms with van der Waals surface area (Å²) in [4.78, 5) is 11.7. The fraction of sp³-hybridized carbons (Fsp3) is 0.923. The van der Waals surface area contributed by atoms with Crippen LogP contribution >= 0.6 is 0 Å². The summed E-state index contributed by atoms with van der Waals surface area (Å²) < 4.78 is 0. The SMILES string of the molecule is CCCC(C)CC(=O)NC(CN)CC(C)C. The Bertz CT molecular complexity index is 192. The molecule has 3 nitrogen and oxygen atoms in total. The van der Waals surface area contributed by atoms with Crippen molar-refractivity contribution in [3.05, 3.63) is 0 Å². The fourth-order valence-corrected chi connectivity index (χ4v) is 1.98. The Labute approximate surface area is 100 Å². The van der Waals surface area contributed by atoms with Gasteiger partial charge in [-0.05, 0) is 18.3 Å². The van der Waals surface area contributed by atoms with E-state index in [1.165, 1.54) is 0 Å². The third-order valence-corrected chi connectivity index (χ3v) is 2.72. The zero-order chi connectivity index (χ0) is 12.6. The van der Waals surface area contributed by atoms with Crippen LogP contribution in [0.4, 0.5) is 0 Å². The predicted octanol–water partition coefficient (Wildman–Crippen LogP) is 2.30. The number of hydrogen-bond acceptors (Lipinski definition) is 2.